The summed E-state index contributed by atoms with van der Waals surface area (Å²) in [7, 11) is 1.96. The lowest BCUT2D eigenvalue weighted by Crippen LogP contribution is -2.41. The molecular weight excluding hydrogens is 402 g/mol. The van der Waals surface area contributed by atoms with Crippen LogP contribution in [-0.4, -0.2) is 65.0 Å². The molecule has 0 amide bonds. The van der Waals surface area contributed by atoms with Gasteiger partial charge in [0.1, 0.15) is 12.4 Å². The molecule has 0 bridgehead atoms. The second kappa shape index (κ2) is 11.3. The smallest absolute Gasteiger partial charge is 0.192 e. The highest BCUT2D eigenvalue weighted by Gasteiger charge is 2.12. The zero-order valence-electron chi connectivity index (χ0n) is 18.1. The van der Waals surface area contributed by atoms with Crippen LogP contribution in [0.1, 0.15) is 36.6 Å². The minimum absolute atomic E-state index is 0.0917. The number of rotatable bonds is 8. The molecule has 1 aromatic heterocycles. The summed E-state index contributed by atoms with van der Waals surface area (Å²) in [6.07, 6.45) is 1.04. The summed E-state index contributed by atoms with van der Waals surface area (Å²) < 4.78 is 7.38. The van der Waals surface area contributed by atoms with E-state index in [0.29, 0.717) is 6.54 Å². The molecule has 0 spiro atoms. The molecule has 1 aliphatic rings. The molecule has 30 heavy (non-hydrogen) atoms. The van der Waals surface area contributed by atoms with Crippen molar-refractivity contribution in [2.45, 2.75) is 32.9 Å². The van der Waals surface area contributed by atoms with E-state index in [1.807, 2.05) is 42.8 Å². The number of hydrogen-bond acceptors (Lipinski definition) is 5. The van der Waals surface area contributed by atoms with Gasteiger partial charge in [-0.1, -0.05) is 23.7 Å². The van der Waals surface area contributed by atoms with Gasteiger partial charge in [0.05, 0.1) is 19.3 Å². The van der Waals surface area contributed by atoms with Gasteiger partial charge in [0.2, 0.25) is 0 Å². The quantitative estimate of drug-likeness (QED) is 0.378. The van der Waals surface area contributed by atoms with Crippen LogP contribution in [0.3, 0.4) is 0 Å². The third-order valence-corrected chi connectivity index (χ3v) is 5.58. The van der Waals surface area contributed by atoms with Crippen molar-refractivity contribution in [3.8, 4) is 0 Å². The van der Waals surface area contributed by atoms with Gasteiger partial charge >= 0.3 is 0 Å². The van der Waals surface area contributed by atoms with Crippen molar-refractivity contribution in [1.82, 2.24) is 30.3 Å². The summed E-state index contributed by atoms with van der Waals surface area (Å²) in [6, 6.07) is 7.96. The van der Waals surface area contributed by atoms with E-state index in [1.165, 1.54) is 0 Å². The van der Waals surface area contributed by atoms with Crippen molar-refractivity contribution in [2.75, 3.05) is 39.4 Å². The summed E-state index contributed by atoms with van der Waals surface area (Å²) in [5.74, 6) is 2.48. The van der Waals surface area contributed by atoms with Crippen LogP contribution in [-0.2, 0) is 18.3 Å². The fourth-order valence-electron chi connectivity index (χ4n) is 3.27. The monoisotopic (exact) mass is 433 g/mol. The van der Waals surface area contributed by atoms with E-state index in [4.69, 9.17) is 21.3 Å². The molecule has 1 fully saturated rings. The van der Waals surface area contributed by atoms with Crippen LogP contribution in [0.25, 0.3) is 0 Å². The van der Waals surface area contributed by atoms with Gasteiger partial charge in [-0.3, -0.25) is 4.90 Å². The fraction of sp³-hybridized carbons (Fsp3) is 0.571. The predicted octanol–water partition coefficient (Wildman–Crippen LogP) is 2.30. The maximum Gasteiger partial charge on any atom is 0.192 e. The Kier molecular flexibility index (Phi) is 8.48. The van der Waals surface area contributed by atoms with Gasteiger partial charge in [-0.15, -0.1) is 10.2 Å². The topological polar surface area (TPSA) is 79.6 Å². The first kappa shape index (κ1) is 22.5. The van der Waals surface area contributed by atoms with Crippen molar-refractivity contribution in [1.29, 1.82) is 0 Å². The maximum atomic E-state index is 6.02. The molecule has 2 heterocycles. The van der Waals surface area contributed by atoms with Crippen molar-refractivity contribution < 1.29 is 4.74 Å². The number of morpholine rings is 1. The molecule has 9 heteroatoms. The summed E-state index contributed by atoms with van der Waals surface area (Å²) in [4.78, 5) is 7.19. The summed E-state index contributed by atoms with van der Waals surface area (Å²) in [5.41, 5.74) is 1.15. The van der Waals surface area contributed by atoms with Crippen LogP contribution < -0.4 is 10.6 Å². The Hall–Kier alpha value is -2.16. The molecule has 0 saturated carbocycles. The van der Waals surface area contributed by atoms with Crippen molar-refractivity contribution in [3.05, 3.63) is 46.5 Å². The highest BCUT2D eigenvalue weighted by atomic mass is 35.5. The lowest BCUT2D eigenvalue weighted by atomic mass is 10.1. The van der Waals surface area contributed by atoms with E-state index in [0.717, 1.165) is 74.0 Å². The third kappa shape index (κ3) is 6.68. The zero-order chi connectivity index (χ0) is 21.3. The number of nitrogens with one attached hydrogen (secondary N) is 2. The average Bonchev–Trinajstić information content (AvgIpc) is 3.08. The van der Waals surface area contributed by atoms with Crippen LogP contribution in [0, 0.1) is 6.92 Å². The highest BCUT2D eigenvalue weighted by molar-refractivity contribution is 6.30. The predicted molar refractivity (Wildman–Crippen MR) is 120 cm³/mol. The number of aromatic nitrogens is 3. The molecule has 2 N–H and O–H groups in total. The van der Waals surface area contributed by atoms with E-state index >= 15 is 0 Å². The molecule has 0 radical (unpaired) electrons. The number of aliphatic imine (C=N–C) groups is 1. The molecule has 1 unspecified atom stereocenters. The normalized spacial score (nSPS) is 16.5. The van der Waals surface area contributed by atoms with Gasteiger partial charge in [0.25, 0.3) is 0 Å². The fourth-order valence-corrected chi connectivity index (χ4v) is 3.39. The number of aryl methyl sites for hydroxylation is 1. The minimum atomic E-state index is 0.0917. The van der Waals surface area contributed by atoms with Gasteiger partial charge in [-0.05, 0) is 44.5 Å². The third-order valence-electron chi connectivity index (χ3n) is 5.33. The molecule has 2 aromatic rings. The molecule has 1 saturated heterocycles. The number of guanidine groups is 1. The molecule has 3 rings (SSSR count). The summed E-state index contributed by atoms with van der Waals surface area (Å²) in [5, 5.41) is 16.0. The summed E-state index contributed by atoms with van der Waals surface area (Å²) >= 11 is 6.02. The van der Waals surface area contributed by atoms with Crippen LogP contribution in [0.4, 0.5) is 0 Å². The highest BCUT2D eigenvalue weighted by Crippen LogP contribution is 2.16. The maximum absolute atomic E-state index is 6.02. The van der Waals surface area contributed by atoms with E-state index in [-0.39, 0.29) is 6.04 Å². The van der Waals surface area contributed by atoms with Gasteiger partial charge in [0.15, 0.2) is 11.8 Å². The number of nitrogens with zero attached hydrogens (tertiary/aromatic N) is 5. The Morgan fingerprint density at radius 2 is 1.97 bits per heavy atom. The van der Waals surface area contributed by atoms with Crippen LogP contribution in [0.15, 0.2) is 29.3 Å². The molecule has 164 valence electrons. The SMILES string of the molecule is Cc1nnc(CN=C(NCCCN2CCOCC2)NC(C)c2ccc(Cl)cc2)n1C. The van der Waals surface area contributed by atoms with Crippen LogP contribution in [0.5, 0.6) is 0 Å². The Morgan fingerprint density at radius 1 is 1.23 bits per heavy atom. The zero-order valence-corrected chi connectivity index (χ0v) is 18.8. The lowest BCUT2D eigenvalue weighted by molar-refractivity contribution is 0.0376. The standard InChI is InChI=1S/C21H32ClN7O/c1-16(18-5-7-19(22)8-6-18)25-21(24-15-20-27-26-17(2)28(20)3)23-9-4-10-29-11-13-30-14-12-29/h5-8,16H,4,9-15H2,1-3H3,(H2,23,24,25). The number of benzene rings is 1. The second-order valence-corrected chi connectivity index (χ2v) is 7.98. The Morgan fingerprint density at radius 3 is 2.63 bits per heavy atom. The average molecular weight is 434 g/mol. The minimum Gasteiger partial charge on any atom is -0.379 e. The van der Waals surface area contributed by atoms with E-state index < -0.39 is 0 Å². The van der Waals surface area contributed by atoms with E-state index in [9.17, 15) is 0 Å². The first-order chi connectivity index (χ1) is 14.5. The van der Waals surface area contributed by atoms with Gasteiger partial charge in [0, 0.05) is 31.7 Å². The molecule has 1 aliphatic heterocycles. The molecule has 1 atom stereocenters. The molecule has 0 aliphatic carbocycles. The Balaban J connectivity index is 1.58. The van der Waals surface area contributed by atoms with E-state index in [1.54, 1.807) is 0 Å². The van der Waals surface area contributed by atoms with Gasteiger partial charge in [-0.25, -0.2) is 4.99 Å². The number of hydrogen-bond donors (Lipinski definition) is 2. The van der Waals surface area contributed by atoms with E-state index in [2.05, 4.69) is 32.7 Å². The van der Waals surface area contributed by atoms with Crippen LogP contribution in [0.2, 0.25) is 5.02 Å². The van der Waals surface area contributed by atoms with Crippen molar-refractivity contribution in [2.24, 2.45) is 12.0 Å². The number of ether oxygens (including phenoxy) is 1. The van der Waals surface area contributed by atoms with Gasteiger partial charge in [-0.2, -0.15) is 0 Å². The lowest BCUT2D eigenvalue weighted by Gasteiger charge is -2.26. The first-order valence-corrected chi connectivity index (χ1v) is 10.9. The van der Waals surface area contributed by atoms with Crippen molar-refractivity contribution >= 4 is 17.6 Å². The molecular formula is C21H32ClN7O. The van der Waals surface area contributed by atoms with Crippen LogP contribution >= 0.6 is 11.6 Å². The second-order valence-electron chi connectivity index (χ2n) is 7.54. The van der Waals surface area contributed by atoms with Crippen molar-refractivity contribution in [3.63, 3.8) is 0 Å². The Bertz CT molecular complexity index is 815. The number of halogens is 1. The largest absolute Gasteiger partial charge is 0.379 e. The Labute approximate surface area is 183 Å². The molecule has 8 nitrogen and oxygen atoms in total. The molecule has 1 aromatic carbocycles. The van der Waals surface area contributed by atoms with Gasteiger partial charge < -0.3 is 19.9 Å². The summed E-state index contributed by atoms with van der Waals surface area (Å²) in [6.45, 7) is 10.1. The first-order valence-electron chi connectivity index (χ1n) is 10.5.